The summed E-state index contributed by atoms with van der Waals surface area (Å²) in [4.78, 5) is 30.7. The van der Waals surface area contributed by atoms with Crippen molar-refractivity contribution in [3.63, 3.8) is 0 Å². The minimum atomic E-state index is -3.22. The second-order valence-electron chi connectivity index (χ2n) is 2.54. The first-order chi connectivity index (χ1) is 6.21. The van der Waals surface area contributed by atoms with Crippen molar-refractivity contribution >= 4 is 172 Å². The van der Waals surface area contributed by atoms with Gasteiger partial charge in [0, 0.05) is 154 Å². The molecule has 0 amide bonds. The number of carboxylic acid groups (broad SMARTS) is 3. The first-order valence-electron chi connectivity index (χ1n) is 3.30. The average Bonchev–Trinajstić information content (AvgIpc) is 2.00. The normalized spacial score (nSPS) is 13.0. The molecule has 2 atom stereocenters. The Hall–Kier alpha value is 3.20. The summed E-state index contributed by atoms with van der Waals surface area (Å²) in [6, 6.07) is 0. The molecule has 0 rings (SSSR count). The molecule has 12 heteroatoms. The summed E-state index contributed by atoms with van der Waals surface area (Å²) < 4.78 is 0. The van der Waals surface area contributed by atoms with Crippen molar-refractivity contribution in [2.75, 3.05) is 0 Å². The quantitative estimate of drug-likeness (QED) is 0.311. The van der Waals surface area contributed by atoms with E-state index in [0.29, 0.717) is 0 Å². The molecule has 0 aliphatic heterocycles. The third-order valence-electron chi connectivity index (χ3n) is 1.48. The minimum Gasteiger partial charge on any atom is -0.481 e. The summed E-state index contributed by atoms with van der Waals surface area (Å²) in [6.07, 6.45) is -4.11. The molecule has 0 bridgehead atoms. The van der Waals surface area contributed by atoms with Crippen LogP contribution in [0.15, 0.2) is 0 Å². The summed E-state index contributed by atoms with van der Waals surface area (Å²) in [6.45, 7) is 0. The molecule has 0 aromatic rings. The van der Waals surface area contributed by atoms with Gasteiger partial charge in [-0.1, -0.05) is 0 Å². The Morgan fingerprint density at radius 1 is 1.00 bits per heavy atom. The zero-order valence-corrected chi connectivity index (χ0v) is 19.6. The Balaban J connectivity index is -0.000000141. The predicted molar refractivity (Wildman–Crippen MR) is 59.4 cm³/mol. The second-order valence-corrected chi connectivity index (χ2v) is 2.54. The van der Waals surface area contributed by atoms with Gasteiger partial charge >= 0.3 is 17.9 Å². The van der Waals surface area contributed by atoms with Crippen LogP contribution in [0.1, 0.15) is 6.42 Å². The maximum Gasteiger partial charge on any atom is 0.339 e. The van der Waals surface area contributed by atoms with E-state index in [0.717, 1.165) is 0 Å². The van der Waals surface area contributed by atoms with Crippen LogP contribution in [0.5, 0.6) is 0 Å². The number of carbonyl (C=O) groups is 3. The topological polar surface area (TPSA) is 184 Å². The second kappa shape index (κ2) is 15.1. The number of hydrogen-bond donors (Lipinski definition) is 5. The third kappa shape index (κ3) is 10.9. The molecule has 3 radical (unpaired) electrons. The third-order valence-corrected chi connectivity index (χ3v) is 1.48. The van der Waals surface area contributed by atoms with Crippen LogP contribution >= 0.6 is 0 Å². The SMILES string of the molecule is O.O=C(O)CC(O)(C(=O)O)C(O)C(=O)O.[K].[K].[K]. The van der Waals surface area contributed by atoms with Gasteiger partial charge < -0.3 is 31.0 Å². The van der Waals surface area contributed by atoms with Gasteiger partial charge in [0.15, 0.2) is 6.10 Å². The first kappa shape index (κ1) is 33.0. The van der Waals surface area contributed by atoms with Crippen molar-refractivity contribution < 1.29 is 45.4 Å². The fraction of sp³-hybridized carbons (Fsp3) is 0.500. The molecule has 7 N–H and O–H groups in total. The van der Waals surface area contributed by atoms with E-state index in [2.05, 4.69) is 0 Å². The van der Waals surface area contributed by atoms with E-state index in [-0.39, 0.29) is 160 Å². The van der Waals surface area contributed by atoms with Gasteiger partial charge in [0.1, 0.15) is 0 Å². The average molecular weight is 343 g/mol. The Kier molecular flexibility index (Phi) is 27.7. The summed E-state index contributed by atoms with van der Waals surface area (Å²) in [5.41, 5.74) is -3.22. The molecule has 0 heterocycles. The van der Waals surface area contributed by atoms with Crippen molar-refractivity contribution in [2.45, 2.75) is 18.1 Å². The smallest absolute Gasteiger partial charge is 0.339 e. The van der Waals surface area contributed by atoms with Gasteiger partial charge in [0.25, 0.3) is 0 Å². The predicted octanol–water partition coefficient (Wildman–Crippen LogP) is -4.24. The van der Waals surface area contributed by atoms with Crippen LogP contribution in [-0.2, 0) is 14.4 Å². The Morgan fingerprint density at radius 2 is 1.33 bits per heavy atom. The molecule has 0 aliphatic carbocycles. The van der Waals surface area contributed by atoms with Gasteiger partial charge in [-0.3, -0.25) is 4.79 Å². The summed E-state index contributed by atoms with van der Waals surface area (Å²) in [5.74, 6) is -5.87. The van der Waals surface area contributed by atoms with Crippen LogP contribution in [0.2, 0.25) is 0 Å². The maximum absolute atomic E-state index is 10.4. The Labute approximate surface area is 229 Å². The van der Waals surface area contributed by atoms with Crippen LogP contribution in [0.4, 0.5) is 0 Å². The fourth-order valence-electron chi connectivity index (χ4n) is 0.724. The van der Waals surface area contributed by atoms with Crippen molar-refractivity contribution in [3.8, 4) is 0 Å². The standard InChI is InChI=1S/C6H8O8.3K.H2O/c7-2(8)1-6(14,5(12)13)3(9)4(10)11;;;;/h3,9,14H,1H2,(H,7,8)(H,10,11)(H,12,13);;;;1H2. The zero-order valence-electron chi connectivity index (χ0n) is 10.2. The molecule has 0 spiro atoms. The molecular weight excluding hydrogens is 333 g/mol. The van der Waals surface area contributed by atoms with Crippen molar-refractivity contribution in [3.05, 3.63) is 0 Å². The van der Waals surface area contributed by atoms with E-state index in [1.54, 1.807) is 0 Å². The van der Waals surface area contributed by atoms with E-state index in [4.69, 9.17) is 25.5 Å². The number of aliphatic hydroxyl groups is 2. The van der Waals surface area contributed by atoms with Crippen LogP contribution in [0, 0.1) is 0 Å². The molecule has 0 aromatic carbocycles. The molecule has 0 aliphatic rings. The molecular formula is C6H10K3O9. The van der Waals surface area contributed by atoms with Crippen LogP contribution < -0.4 is 0 Å². The van der Waals surface area contributed by atoms with Gasteiger partial charge in [-0.15, -0.1) is 0 Å². The van der Waals surface area contributed by atoms with Gasteiger partial charge in [-0.25, -0.2) is 9.59 Å². The molecule has 0 aromatic heterocycles. The van der Waals surface area contributed by atoms with Gasteiger partial charge in [-0.05, 0) is 0 Å². The number of aliphatic hydroxyl groups excluding tert-OH is 1. The van der Waals surface area contributed by atoms with E-state index in [9.17, 15) is 14.4 Å². The molecule has 0 fully saturated rings. The van der Waals surface area contributed by atoms with Gasteiger partial charge in [0.2, 0.25) is 5.60 Å². The number of rotatable bonds is 5. The zero-order chi connectivity index (χ0) is 11.5. The first-order valence-corrected chi connectivity index (χ1v) is 3.30. The van der Waals surface area contributed by atoms with Gasteiger partial charge in [-0.2, -0.15) is 0 Å². The van der Waals surface area contributed by atoms with Gasteiger partial charge in [0.05, 0.1) is 6.42 Å². The summed E-state index contributed by atoms with van der Waals surface area (Å²) in [7, 11) is 0. The molecule has 0 saturated heterocycles. The largest absolute Gasteiger partial charge is 0.481 e. The van der Waals surface area contributed by atoms with E-state index in [1.807, 2.05) is 0 Å². The molecule has 0 saturated carbocycles. The van der Waals surface area contributed by atoms with E-state index >= 15 is 0 Å². The number of aliphatic carboxylic acids is 3. The van der Waals surface area contributed by atoms with Crippen LogP contribution in [0.25, 0.3) is 0 Å². The van der Waals surface area contributed by atoms with E-state index < -0.39 is 36.0 Å². The molecule has 2 unspecified atom stereocenters. The van der Waals surface area contributed by atoms with Crippen LogP contribution in [0.3, 0.4) is 0 Å². The van der Waals surface area contributed by atoms with Crippen LogP contribution in [-0.4, -0.2) is 215 Å². The summed E-state index contributed by atoms with van der Waals surface area (Å²) in [5, 5.41) is 42.6. The monoisotopic (exact) mass is 343 g/mol. The molecule has 9 nitrogen and oxygen atoms in total. The molecule has 91 valence electrons. The summed E-state index contributed by atoms with van der Waals surface area (Å²) >= 11 is 0. The maximum atomic E-state index is 10.4. The molecule has 18 heavy (non-hydrogen) atoms. The number of hydrogen-bond acceptors (Lipinski definition) is 5. The number of carboxylic acids is 3. The minimum absolute atomic E-state index is 0. The Morgan fingerprint density at radius 3 is 1.50 bits per heavy atom. The fourth-order valence-corrected chi connectivity index (χ4v) is 0.724. The Bertz CT molecular complexity index is 283. The van der Waals surface area contributed by atoms with Crippen molar-refractivity contribution in [1.29, 1.82) is 0 Å². The van der Waals surface area contributed by atoms with Crippen molar-refractivity contribution in [1.82, 2.24) is 0 Å². The van der Waals surface area contributed by atoms with E-state index in [1.165, 1.54) is 0 Å². The van der Waals surface area contributed by atoms with Crippen molar-refractivity contribution in [2.24, 2.45) is 0 Å².